The summed E-state index contributed by atoms with van der Waals surface area (Å²) in [5.41, 5.74) is 0. The molecule has 0 fully saturated rings. The van der Waals surface area contributed by atoms with Crippen LogP contribution >= 0.6 is 43.5 Å². The van der Waals surface area contributed by atoms with Gasteiger partial charge in [-0.2, -0.15) is 0 Å². The number of hydrogen-bond acceptors (Lipinski definition) is 1. The molecule has 0 radical (unpaired) electrons. The Labute approximate surface area is 86.9 Å². The monoisotopic (exact) mass is 298 g/mol. The summed E-state index contributed by atoms with van der Waals surface area (Å²) in [6.07, 6.45) is 0. The van der Waals surface area contributed by atoms with Crippen LogP contribution in [-0.4, -0.2) is 7.11 Å². The molecule has 0 spiro atoms. The number of halogens is 3. The summed E-state index contributed by atoms with van der Waals surface area (Å²) in [4.78, 5) is 0. The third-order valence-electron chi connectivity index (χ3n) is 1.17. The van der Waals surface area contributed by atoms with Crippen LogP contribution in [0.1, 0.15) is 0 Å². The highest BCUT2D eigenvalue weighted by Gasteiger charge is 2.05. The first-order valence-electron chi connectivity index (χ1n) is 2.83. The van der Waals surface area contributed by atoms with Crippen molar-refractivity contribution in [3.05, 3.63) is 26.1 Å². The van der Waals surface area contributed by atoms with Crippen LogP contribution in [0, 0.1) is 0 Å². The number of ether oxygens (including phenoxy) is 1. The Bertz CT molecular complexity index is 252. The summed E-state index contributed by atoms with van der Waals surface area (Å²) in [6.45, 7) is 0. The normalized spacial score (nSPS) is 9.82. The highest BCUT2D eigenvalue weighted by Crippen LogP contribution is 2.35. The van der Waals surface area contributed by atoms with Gasteiger partial charge in [0.2, 0.25) is 0 Å². The predicted molar refractivity (Wildman–Crippen MR) is 53.4 cm³/mol. The molecule has 1 nitrogen and oxygen atoms in total. The van der Waals surface area contributed by atoms with Crippen molar-refractivity contribution in [1.29, 1.82) is 0 Å². The van der Waals surface area contributed by atoms with E-state index in [2.05, 4.69) is 31.9 Å². The summed E-state index contributed by atoms with van der Waals surface area (Å²) in [5, 5.41) is 0.671. The lowest BCUT2D eigenvalue weighted by atomic mass is 10.3. The molecule has 1 aromatic rings. The zero-order valence-electron chi connectivity index (χ0n) is 5.70. The molecule has 0 aliphatic rings. The van der Waals surface area contributed by atoms with E-state index in [0.717, 1.165) is 14.7 Å². The molecule has 0 saturated carbocycles. The average Bonchev–Trinajstić information content (AvgIpc) is 1.85. The van der Waals surface area contributed by atoms with Crippen molar-refractivity contribution in [2.45, 2.75) is 0 Å². The molecule has 0 aliphatic heterocycles. The first kappa shape index (κ1) is 9.36. The molecule has 0 atom stereocenters. The third kappa shape index (κ3) is 2.10. The molecular weight excluding hydrogens is 295 g/mol. The van der Waals surface area contributed by atoms with E-state index >= 15 is 0 Å². The van der Waals surface area contributed by atoms with E-state index in [1.54, 1.807) is 19.2 Å². The minimum absolute atomic E-state index is 0.671. The van der Waals surface area contributed by atoms with Gasteiger partial charge in [-0.05, 0) is 44.0 Å². The van der Waals surface area contributed by atoms with Crippen LogP contribution in [-0.2, 0) is 0 Å². The number of methoxy groups -OCH3 is 1. The maximum atomic E-state index is 5.76. The Hall–Kier alpha value is 0.270. The number of rotatable bonds is 1. The second-order valence-electron chi connectivity index (χ2n) is 1.90. The molecule has 0 aromatic heterocycles. The molecule has 0 unspecified atom stereocenters. The van der Waals surface area contributed by atoms with Gasteiger partial charge >= 0.3 is 0 Å². The van der Waals surface area contributed by atoms with Gasteiger partial charge in [0, 0.05) is 5.02 Å². The lowest BCUT2D eigenvalue weighted by Crippen LogP contribution is -1.85. The fourth-order valence-corrected chi connectivity index (χ4v) is 2.72. The molecule has 0 bridgehead atoms. The summed E-state index contributed by atoms with van der Waals surface area (Å²) in [7, 11) is 1.61. The van der Waals surface area contributed by atoms with Crippen molar-refractivity contribution in [2.75, 3.05) is 7.11 Å². The van der Waals surface area contributed by atoms with Gasteiger partial charge in [-0.1, -0.05) is 11.6 Å². The zero-order chi connectivity index (χ0) is 8.43. The smallest absolute Gasteiger partial charge is 0.147 e. The maximum Gasteiger partial charge on any atom is 0.147 e. The standard InChI is InChI=1S/C7H5Br2ClO/c1-11-7-5(8)2-4(10)3-6(7)9/h2-3H,1H3. The van der Waals surface area contributed by atoms with Crippen molar-refractivity contribution in [3.8, 4) is 5.75 Å². The summed E-state index contributed by atoms with van der Waals surface area (Å²) in [6, 6.07) is 3.57. The molecule has 11 heavy (non-hydrogen) atoms. The topological polar surface area (TPSA) is 9.23 Å². The number of benzene rings is 1. The van der Waals surface area contributed by atoms with Crippen molar-refractivity contribution >= 4 is 43.5 Å². The van der Waals surface area contributed by atoms with Gasteiger partial charge in [-0.25, -0.2) is 0 Å². The number of hydrogen-bond donors (Lipinski definition) is 0. The Morgan fingerprint density at radius 1 is 1.27 bits per heavy atom. The molecule has 0 N–H and O–H groups in total. The van der Waals surface area contributed by atoms with Crippen molar-refractivity contribution < 1.29 is 4.74 Å². The van der Waals surface area contributed by atoms with Gasteiger partial charge in [-0.15, -0.1) is 0 Å². The van der Waals surface area contributed by atoms with Gasteiger partial charge in [0.05, 0.1) is 16.1 Å². The fraction of sp³-hybridized carbons (Fsp3) is 0.143. The quantitative estimate of drug-likeness (QED) is 0.765. The van der Waals surface area contributed by atoms with E-state index in [1.807, 2.05) is 0 Å². The molecule has 60 valence electrons. The zero-order valence-corrected chi connectivity index (χ0v) is 9.62. The lowest BCUT2D eigenvalue weighted by Gasteiger charge is -2.05. The van der Waals surface area contributed by atoms with Crippen LogP contribution in [0.15, 0.2) is 21.1 Å². The first-order valence-corrected chi connectivity index (χ1v) is 4.80. The molecule has 1 rings (SSSR count). The minimum Gasteiger partial charge on any atom is -0.494 e. The van der Waals surface area contributed by atoms with Crippen molar-refractivity contribution in [3.63, 3.8) is 0 Å². The molecule has 0 heterocycles. The Balaban J connectivity index is 3.25. The molecule has 0 saturated heterocycles. The first-order chi connectivity index (χ1) is 5.15. The van der Waals surface area contributed by atoms with E-state index in [4.69, 9.17) is 16.3 Å². The van der Waals surface area contributed by atoms with Crippen LogP contribution in [0.25, 0.3) is 0 Å². The average molecular weight is 300 g/mol. The van der Waals surface area contributed by atoms with Gasteiger partial charge in [0.25, 0.3) is 0 Å². The largest absolute Gasteiger partial charge is 0.494 e. The minimum atomic E-state index is 0.671. The molecule has 4 heteroatoms. The van der Waals surface area contributed by atoms with Crippen LogP contribution in [0.4, 0.5) is 0 Å². The molecule has 1 aromatic carbocycles. The fourth-order valence-electron chi connectivity index (χ4n) is 0.724. The lowest BCUT2D eigenvalue weighted by molar-refractivity contribution is 0.409. The Kier molecular flexibility index (Phi) is 3.22. The Morgan fingerprint density at radius 2 is 1.73 bits per heavy atom. The summed E-state index contributed by atoms with van der Waals surface area (Å²) >= 11 is 12.4. The van der Waals surface area contributed by atoms with Crippen molar-refractivity contribution in [1.82, 2.24) is 0 Å². The Morgan fingerprint density at radius 3 is 2.09 bits per heavy atom. The van der Waals surface area contributed by atoms with E-state index in [1.165, 1.54) is 0 Å². The van der Waals surface area contributed by atoms with Gasteiger partial charge in [-0.3, -0.25) is 0 Å². The summed E-state index contributed by atoms with van der Waals surface area (Å²) < 4.78 is 6.77. The highest BCUT2D eigenvalue weighted by atomic mass is 79.9. The van der Waals surface area contributed by atoms with E-state index in [-0.39, 0.29) is 0 Å². The molecule has 0 aliphatic carbocycles. The maximum absolute atomic E-state index is 5.76. The van der Waals surface area contributed by atoms with E-state index in [9.17, 15) is 0 Å². The van der Waals surface area contributed by atoms with Crippen LogP contribution in [0.2, 0.25) is 5.02 Å². The SMILES string of the molecule is COc1c(Br)cc(Cl)cc1Br. The van der Waals surface area contributed by atoms with Gasteiger partial charge < -0.3 is 4.74 Å². The van der Waals surface area contributed by atoms with Gasteiger partial charge in [0.1, 0.15) is 5.75 Å². The molecular formula is C7H5Br2ClO. The summed E-state index contributed by atoms with van der Waals surface area (Å²) in [5.74, 6) is 0.759. The van der Waals surface area contributed by atoms with Crippen LogP contribution in [0.3, 0.4) is 0 Å². The van der Waals surface area contributed by atoms with Crippen LogP contribution in [0.5, 0.6) is 5.75 Å². The molecule has 0 amide bonds. The van der Waals surface area contributed by atoms with Crippen molar-refractivity contribution in [2.24, 2.45) is 0 Å². The van der Waals surface area contributed by atoms with Crippen LogP contribution < -0.4 is 4.74 Å². The van der Waals surface area contributed by atoms with E-state index < -0.39 is 0 Å². The second-order valence-corrected chi connectivity index (χ2v) is 4.05. The second kappa shape index (κ2) is 3.78. The third-order valence-corrected chi connectivity index (χ3v) is 2.56. The van der Waals surface area contributed by atoms with E-state index in [0.29, 0.717) is 5.02 Å². The van der Waals surface area contributed by atoms with Gasteiger partial charge in [0.15, 0.2) is 0 Å². The predicted octanol–water partition coefficient (Wildman–Crippen LogP) is 3.87. The highest BCUT2D eigenvalue weighted by molar-refractivity contribution is 9.11.